The van der Waals surface area contributed by atoms with Gasteiger partial charge in [-0.25, -0.2) is 4.79 Å². The number of benzene rings is 2. The molecule has 0 saturated carbocycles. The summed E-state index contributed by atoms with van der Waals surface area (Å²) in [7, 11) is 1.45. The van der Waals surface area contributed by atoms with E-state index in [1.807, 2.05) is 30.3 Å². The van der Waals surface area contributed by atoms with E-state index in [4.69, 9.17) is 9.94 Å². The first kappa shape index (κ1) is 17.6. The molecule has 0 aliphatic carbocycles. The van der Waals surface area contributed by atoms with Crippen molar-refractivity contribution < 1.29 is 24.3 Å². The van der Waals surface area contributed by atoms with Crippen molar-refractivity contribution in [3.63, 3.8) is 0 Å². The highest BCUT2D eigenvalue weighted by molar-refractivity contribution is 6.20. The molecule has 3 amide bonds. The van der Waals surface area contributed by atoms with Crippen molar-refractivity contribution in [1.82, 2.24) is 9.96 Å². The van der Waals surface area contributed by atoms with E-state index in [1.165, 1.54) is 7.05 Å². The average Bonchev–Trinajstić information content (AvgIpc) is 2.90. The molecular formula is C19H18N2O5. The maximum atomic E-state index is 12.5. The molecule has 1 heterocycles. The lowest BCUT2D eigenvalue weighted by Gasteiger charge is -2.24. The molecule has 3 rings (SSSR count). The van der Waals surface area contributed by atoms with Crippen molar-refractivity contribution in [2.45, 2.75) is 12.5 Å². The summed E-state index contributed by atoms with van der Waals surface area (Å²) in [6.07, 6.45) is -1.40. The highest BCUT2D eigenvalue weighted by Crippen LogP contribution is 2.29. The lowest BCUT2D eigenvalue weighted by atomic mass is 10.1. The molecule has 1 unspecified atom stereocenters. The lowest BCUT2D eigenvalue weighted by Crippen LogP contribution is -2.33. The van der Waals surface area contributed by atoms with Crippen molar-refractivity contribution >= 4 is 17.9 Å². The van der Waals surface area contributed by atoms with Gasteiger partial charge in [0.1, 0.15) is 6.10 Å². The van der Waals surface area contributed by atoms with E-state index >= 15 is 0 Å². The Morgan fingerprint density at radius 3 is 2.12 bits per heavy atom. The van der Waals surface area contributed by atoms with Crippen LogP contribution in [0, 0.1) is 0 Å². The van der Waals surface area contributed by atoms with Gasteiger partial charge in [-0.1, -0.05) is 42.5 Å². The van der Waals surface area contributed by atoms with Gasteiger partial charge in [0.15, 0.2) is 0 Å². The second kappa shape index (κ2) is 7.37. The van der Waals surface area contributed by atoms with E-state index in [9.17, 15) is 14.4 Å². The number of fused-ring (bicyclic) bond motifs is 1. The summed E-state index contributed by atoms with van der Waals surface area (Å²) in [6, 6.07) is 15.6. The van der Waals surface area contributed by atoms with E-state index in [-0.39, 0.29) is 6.54 Å². The molecule has 26 heavy (non-hydrogen) atoms. The standard InChI is InChI=1S/C19H18N2O5/c1-20(19(24)25)12-11-16(13-7-3-2-4-8-13)26-21-17(22)14-9-5-6-10-15(14)18(21)23/h2-10,16H,11-12H2,1H3,(H,24,25). The first-order chi connectivity index (χ1) is 12.5. The molecule has 0 fully saturated rings. The van der Waals surface area contributed by atoms with Gasteiger partial charge in [-0.15, -0.1) is 5.06 Å². The molecule has 1 aliphatic heterocycles. The molecule has 2 aromatic carbocycles. The molecule has 0 aromatic heterocycles. The van der Waals surface area contributed by atoms with Gasteiger partial charge in [0, 0.05) is 13.6 Å². The monoisotopic (exact) mass is 354 g/mol. The fraction of sp³-hybridized carbons (Fsp3) is 0.211. The number of nitrogens with zero attached hydrogens (tertiary/aromatic N) is 2. The molecule has 0 spiro atoms. The number of amides is 3. The molecule has 7 nitrogen and oxygen atoms in total. The van der Waals surface area contributed by atoms with Crippen molar-refractivity contribution in [2.24, 2.45) is 0 Å². The first-order valence-electron chi connectivity index (χ1n) is 8.12. The quantitative estimate of drug-likeness (QED) is 0.806. The van der Waals surface area contributed by atoms with Gasteiger partial charge in [-0.2, -0.15) is 0 Å². The number of carbonyl (C=O) groups is 3. The Labute approximate surface area is 150 Å². The Hall–Kier alpha value is -3.19. The number of carboxylic acid groups (broad SMARTS) is 1. The predicted molar refractivity (Wildman–Crippen MR) is 92.5 cm³/mol. The highest BCUT2D eigenvalue weighted by atomic mass is 16.7. The van der Waals surface area contributed by atoms with Gasteiger partial charge < -0.3 is 10.0 Å². The van der Waals surface area contributed by atoms with Crippen LogP contribution in [-0.2, 0) is 4.84 Å². The summed E-state index contributed by atoms with van der Waals surface area (Å²) < 4.78 is 0. The van der Waals surface area contributed by atoms with Crippen molar-refractivity contribution in [1.29, 1.82) is 0 Å². The highest BCUT2D eigenvalue weighted by Gasteiger charge is 2.38. The van der Waals surface area contributed by atoms with Crippen LogP contribution in [0.2, 0.25) is 0 Å². The molecular weight excluding hydrogens is 336 g/mol. The minimum Gasteiger partial charge on any atom is -0.465 e. The van der Waals surface area contributed by atoms with Gasteiger partial charge in [-0.05, 0) is 24.1 Å². The molecule has 1 N–H and O–H groups in total. The number of hydrogen-bond donors (Lipinski definition) is 1. The number of rotatable bonds is 6. The third-order valence-electron chi connectivity index (χ3n) is 4.21. The van der Waals surface area contributed by atoms with Crippen molar-refractivity contribution in [2.75, 3.05) is 13.6 Å². The first-order valence-corrected chi connectivity index (χ1v) is 8.12. The van der Waals surface area contributed by atoms with Crippen LogP contribution in [0.25, 0.3) is 0 Å². The topological polar surface area (TPSA) is 87.2 Å². The largest absolute Gasteiger partial charge is 0.465 e. The van der Waals surface area contributed by atoms with Gasteiger partial charge in [0.05, 0.1) is 11.1 Å². The number of hydroxylamine groups is 2. The Bertz CT molecular complexity index is 802. The lowest BCUT2D eigenvalue weighted by molar-refractivity contribution is -0.137. The second-order valence-electron chi connectivity index (χ2n) is 5.95. The summed E-state index contributed by atoms with van der Waals surface area (Å²) >= 11 is 0. The minimum atomic E-state index is -1.06. The van der Waals surface area contributed by atoms with E-state index < -0.39 is 24.0 Å². The predicted octanol–water partition coefficient (Wildman–Crippen LogP) is 2.96. The summed E-state index contributed by atoms with van der Waals surface area (Å²) in [6.45, 7) is 0.193. The van der Waals surface area contributed by atoms with Crippen LogP contribution in [0.1, 0.15) is 38.8 Å². The molecule has 1 aliphatic rings. The smallest absolute Gasteiger partial charge is 0.407 e. The fourth-order valence-corrected chi connectivity index (χ4v) is 2.74. The van der Waals surface area contributed by atoms with Crippen LogP contribution < -0.4 is 0 Å². The van der Waals surface area contributed by atoms with Crippen LogP contribution in [0.4, 0.5) is 4.79 Å². The zero-order valence-corrected chi connectivity index (χ0v) is 14.2. The van der Waals surface area contributed by atoms with Crippen LogP contribution >= 0.6 is 0 Å². The van der Waals surface area contributed by atoms with E-state index in [2.05, 4.69) is 0 Å². The van der Waals surface area contributed by atoms with Crippen LogP contribution in [0.15, 0.2) is 54.6 Å². The number of imide groups is 1. The molecule has 2 aromatic rings. The third kappa shape index (κ3) is 3.43. The third-order valence-corrected chi connectivity index (χ3v) is 4.21. The van der Waals surface area contributed by atoms with E-state index in [1.54, 1.807) is 24.3 Å². The zero-order chi connectivity index (χ0) is 18.7. The van der Waals surface area contributed by atoms with Crippen LogP contribution in [-0.4, -0.2) is 46.6 Å². The Morgan fingerprint density at radius 2 is 1.58 bits per heavy atom. The minimum absolute atomic E-state index is 0.193. The normalized spacial score (nSPS) is 14.3. The molecule has 0 bridgehead atoms. The van der Waals surface area contributed by atoms with E-state index in [0.29, 0.717) is 17.5 Å². The van der Waals surface area contributed by atoms with Crippen molar-refractivity contribution in [3.05, 3.63) is 71.3 Å². The van der Waals surface area contributed by atoms with E-state index in [0.717, 1.165) is 15.5 Å². The van der Waals surface area contributed by atoms with Crippen molar-refractivity contribution in [3.8, 4) is 0 Å². The fourth-order valence-electron chi connectivity index (χ4n) is 2.74. The SMILES string of the molecule is CN(CCC(ON1C(=O)c2ccccc2C1=O)c1ccccc1)C(=O)O. The maximum absolute atomic E-state index is 12.5. The average molecular weight is 354 g/mol. The molecule has 0 saturated heterocycles. The van der Waals surface area contributed by atoms with Gasteiger partial charge in [0.2, 0.25) is 0 Å². The Balaban J connectivity index is 1.81. The van der Waals surface area contributed by atoms with Gasteiger partial charge >= 0.3 is 6.09 Å². The summed E-state index contributed by atoms with van der Waals surface area (Å²) in [4.78, 5) is 42.9. The van der Waals surface area contributed by atoms with Crippen LogP contribution in [0.5, 0.6) is 0 Å². The molecule has 7 heteroatoms. The second-order valence-corrected chi connectivity index (χ2v) is 5.95. The molecule has 0 radical (unpaired) electrons. The summed E-state index contributed by atoms with van der Waals surface area (Å²) in [5.41, 5.74) is 1.35. The summed E-state index contributed by atoms with van der Waals surface area (Å²) in [5.74, 6) is -1.03. The number of carbonyl (C=O) groups excluding carboxylic acids is 2. The maximum Gasteiger partial charge on any atom is 0.407 e. The van der Waals surface area contributed by atoms with Gasteiger partial charge in [0.25, 0.3) is 11.8 Å². The molecule has 1 atom stereocenters. The van der Waals surface area contributed by atoms with Gasteiger partial charge in [-0.3, -0.25) is 14.4 Å². The van der Waals surface area contributed by atoms with Crippen LogP contribution in [0.3, 0.4) is 0 Å². The molecule has 134 valence electrons. The number of hydrogen-bond acceptors (Lipinski definition) is 4. The Kier molecular flexibility index (Phi) is 4.99. The Morgan fingerprint density at radius 1 is 1.04 bits per heavy atom. The zero-order valence-electron chi connectivity index (χ0n) is 14.2. The summed E-state index contributed by atoms with van der Waals surface area (Å²) in [5, 5.41) is 9.79.